The van der Waals surface area contributed by atoms with Crippen LogP contribution in [0.5, 0.6) is 5.88 Å². The number of hydrogen-bond acceptors (Lipinski definition) is 4. The summed E-state index contributed by atoms with van der Waals surface area (Å²) in [7, 11) is 0. The van der Waals surface area contributed by atoms with E-state index in [0.29, 0.717) is 18.2 Å². The van der Waals surface area contributed by atoms with Crippen LogP contribution < -0.4 is 15.4 Å². The zero-order chi connectivity index (χ0) is 14.3. The van der Waals surface area contributed by atoms with Crippen LogP contribution in [0.3, 0.4) is 0 Å². The number of pyridine rings is 1. The lowest BCUT2D eigenvalue weighted by Crippen LogP contribution is -2.56. The number of carbonyl (C=O) groups excluding carboxylic acids is 1. The molecule has 2 fully saturated rings. The summed E-state index contributed by atoms with van der Waals surface area (Å²) < 4.78 is 31.5. The van der Waals surface area contributed by atoms with Gasteiger partial charge in [0, 0.05) is 0 Å². The van der Waals surface area contributed by atoms with Crippen molar-refractivity contribution in [3.05, 3.63) is 17.8 Å². The lowest BCUT2D eigenvalue weighted by atomic mass is 10.1. The van der Waals surface area contributed by atoms with Crippen molar-refractivity contribution in [3.63, 3.8) is 0 Å². The van der Waals surface area contributed by atoms with Gasteiger partial charge in [-0.2, -0.15) is 0 Å². The second-order valence-corrected chi connectivity index (χ2v) is 5.35. The minimum absolute atomic E-state index is 0.0758. The fourth-order valence-electron chi connectivity index (χ4n) is 2.08. The van der Waals surface area contributed by atoms with Crippen LogP contribution in [-0.4, -0.2) is 36.5 Å². The average Bonchev–Trinajstić information content (AvgIpc) is 3.17. The third kappa shape index (κ3) is 2.66. The van der Waals surface area contributed by atoms with Gasteiger partial charge >= 0.3 is 0 Å². The quantitative estimate of drug-likeness (QED) is 0.887. The summed E-state index contributed by atoms with van der Waals surface area (Å²) in [6.07, 6.45) is 2.21. The van der Waals surface area contributed by atoms with Crippen molar-refractivity contribution in [2.45, 2.75) is 18.8 Å². The highest BCUT2D eigenvalue weighted by Crippen LogP contribution is 2.37. The van der Waals surface area contributed by atoms with Gasteiger partial charge in [0.2, 0.25) is 5.88 Å². The predicted octanol–water partition coefficient (Wildman–Crippen LogP) is 1.42. The summed E-state index contributed by atoms with van der Waals surface area (Å²) in [5.41, 5.74) is 5.74. The van der Waals surface area contributed by atoms with Crippen molar-refractivity contribution in [2.24, 2.45) is 11.7 Å². The van der Waals surface area contributed by atoms with Crippen molar-refractivity contribution in [2.75, 3.05) is 24.6 Å². The zero-order valence-corrected chi connectivity index (χ0v) is 10.8. The number of nitrogens with zero attached hydrogens (tertiary/aromatic N) is 2. The Balaban J connectivity index is 1.81. The first-order valence-corrected chi connectivity index (χ1v) is 6.51. The van der Waals surface area contributed by atoms with Crippen LogP contribution in [0.15, 0.2) is 12.1 Å². The third-order valence-corrected chi connectivity index (χ3v) is 3.43. The van der Waals surface area contributed by atoms with Crippen molar-refractivity contribution in [3.8, 4) is 5.88 Å². The molecule has 2 aliphatic rings. The smallest absolute Gasteiger partial charge is 0.282 e. The molecule has 0 radical (unpaired) electrons. The van der Waals surface area contributed by atoms with Crippen LogP contribution in [-0.2, 0) is 0 Å². The molecule has 7 heteroatoms. The Bertz CT molecular complexity index is 538. The molecule has 1 amide bonds. The number of alkyl halides is 2. The Morgan fingerprint density at radius 2 is 2.15 bits per heavy atom. The van der Waals surface area contributed by atoms with Crippen molar-refractivity contribution in [1.82, 2.24) is 4.98 Å². The SMILES string of the molecule is NC(=O)c1ccc(N2CC(F)(F)C2)c(OCC2CC2)n1. The van der Waals surface area contributed by atoms with Gasteiger partial charge in [-0.25, -0.2) is 13.8 Å². The number of ether oxygens (including phenoxy) is 1. The van der Waals surface area contributed by atoms with E-state index in [9.17, 15) is 13.6 Å². The number of rotatable bonds is 5. The van der Waals surface area contributed by atoms with Gasteiger partial charge in [0.05, 0.1) is 19.7 Å². The van der Waals surface area contributed by atoms with Gasteiger partial charge in [-0.05, 0) is 30.9 Å². The molecule has 0 bridgehead atoms. The molecule has 5 nitrogen and oxygen atoms in total. The number of primary amides is 1. The van der Waals surface area contributed by atoms with Crippen LogP contribution >= 0.6 is 0 Å². The van der Waals surface area contributed by atoms with Crippen molar-refractivity contribution < 1.29 is 18.3 Å². The first-order valence-electron chi connectivity index (χ1n) is 6.51. The lowest BCUT2D eigenvalue weighted by Gasteiger charge is -2.40. The molecular formula is C13H15F2N3O2. The molecule has 0 atom stereocenters. The summed E-state index contributed by atoms with van der Waals surface area (Å²) in [6, 6.07) is 2.99. The van der Waals surface area contributed by atoms with Crippen LogP contribution in [0.25, 0.3) is 0 Å². The molecule has 1 aliphatic carbocycles. The highest BCUT2D eigenvalue weighted by Gasteiger charge is 2.45. The molecular weight excluding hydrogens is 268 g/mol. The largest absolute Gasteiger partial charge is 0.476 e. The summed E-state index contributed by atoms with van der Waals surface area (Å²) >= 11 is 0. The van der Waals surface area contributed by atoms with E-state index in [1.165, 1.54) is 11.0 Å². The molecule has 20 heavy (non-hydrogen) atoms. The van der Waals surface area contributed by atoms with Crippen LogP contribution in [0.4, 0.5) is 14.5 Å². The highest BCUT2D eigenvalue weighted by molar-refractivity contribution is 5.91. The van der Waals surface area contributed by atoms with E-state index in [1.54, 1.807) is 6.07 Å². The van der Waals surface area contributed by atoms with E-state index in [2.05, 4.69) is 4.98 Å². The van der Waals surface area contributed by atoms with E-state index in [0.717, 1.165) is 12.8 Å². The number of halogens is 2. The summed E-state index contributed by atoms with van der Waals surface area (Å²) in [4.78, 5) is 16.7. The van der Waals surface area contributed by atoms with Crippen LogP contribution in [0.2, 0.25) is 0 Å². The van der Waals surface area contributed by atoms with E-state index < -0.39 is 11.8 Å². The standard InChI is InChI=1S/C13H15F2N3O2/c14-13(15)6-18(7-13)10-4-3-9(11(16)19)17-12(10)20-5-8-1-2-8/h3-4,8H,1-2,5-7H2,(H2,16,19). The molecule has 108 valence electrons. The monoisotopic (exact) mass is 283 g/mol. The molecule has 2 heterocycles. The topological polar surface area (TPSA) is 68.5 Å². The Hall–Kier alpha value is -1.92. The van der Waals surface area contributed by atoms with E-state index >= 15 is 0 Å². The number of hydrogen-bond donors (Lipinski definition) is 1. The molecule has 1 saturated heterocycles. The number of anilines is 1. The first-order chi connectivity index (χ1) is 9.44. The maximum absolute atomic E-state index is 13.0. The normalized spacial score (nSPS) is 20.4. The molecule has 1 saturated carbocycles. The Kier molecular flexibility index (Phi) is 2.99. The second-order valence-electron chi connectivity index (χ2n) is 5.35. The molecule has 0 spiro atoms. The number of carbonyl (C=O) groups is 1. The maximum Gasteiger partial charge on any atom is 0.282 e. The Labute approximate surface area is 114 Å². The summed E-state index contributed by atoms with van der Waals surface area (Å²) in [5.74, 6) is -2.62. The average molecular weight is 283 g/mol. The van der Waals surface area contributed by atoms with Crippen LogP contribution in [0, 0.1) is 5.92 Å². The van der Waals surface area contributed by atoms with Gasteiger partial charge in [-0.15, -0.1) is 0 Å². The molecule has 1 aromatic heterocycles. The van der Waals surface area contributed by atoms with Gasteiger partial charge in [0.15, 0.2) is 0 Å². The minimum atomic E-state index is -2.67. The van der Waals surface area contributed by atoms with Crippen molar-refractivity contribution in [1.29, 1.82) is 0 Å². The highest BCUT2D eigenvalue weighted by atomic mass is 19.3. The molecule has 0 unspecified atom stereocenters. The van der Waals surface area contributed by atoms with Gasteiger partial charge in [0.1, 0.15) is 11.4 Å². The first kappa shape index (κ1) is 13.1. The van der Waals surface area contributed by atoms with E-state index in [-0.39, 0.29) is 24.7 Å². The predicted molar refractivity (Wildman–Crippen MR) is 68.1 cm³/mol. The zero-order valence-electron chi connectivity index (χ0n) is 10.8. The third-order valence-electron chi connectivity index (χ3n) is 3.43. The second kappa shape index (κ2) is 4.57. The molecule has 1 aliphatic heterocycles. The fourth-order valence-corrected chi connectivity index (χ4v) is 2.08. The van der Waals surface area contributed by atoms with Gasteiger partial charge in [-0.1, -0.05) is 0 Å². The van der Waals surface area contributed by atoms with Crippen molar-refractivity contribution >= 4 is 11.6 Å². The number of aromatic nitrogens is 1. The fraction of sp³-hybridized carbons (Fsp3) is 0.538. The summed E-state index contributed by atoms with van der Waals surface area (Å²) in [5, 5.41) is 0. The van der Waals surface area contributed by atoms with E-state index in [1.807, 2.05) is 0 Å². The number of amides is 1. The minimum Gasteiger partial charge on any atom is -0.476 e. The molecule has 3 rings (SSSR count). The van der Waals surface area contributed by atoms with Gasteiger partial charge in [0.25, 0.3) is 11.8 Å². The Morgan fingerprint density at radius 1 is 1.45 bits per heavy atom. The number of nitrogens with two attached hydrogens (primary N) is 1. The molecule has 2 N–H and O–H groups in total. The van der Waals surface area contributed by atoms with Gasteiger partial charge in [-0.3, -0.25) is 4.79 Å². The Morgan fingerprint density at radius 3 is 2.70 bits per heavy atom. The molecule has 1 aromatic rings. The molecule has 0 aromatic carbocycles. The van der Waals surface area contributed by atoms with Gasteiger partial charge < -0.3 is 15.4 Å². The summed E-state index contributed by atoms with van der Waals surface area (Å²) in [6.45, 7) is -0.221. The van der Waals surface area contributed by atoms with Crippen LogP contribution in [0.1, 0.15) is 23.3 Å². The lowest BCUT2D eigenvalue weighted by molar-refractivity contribution is -0.0265. The maximum atomic E-state index is 13.0. The van der Waals surface area contributed by atoms with E-state index in [4.69, 9.17) is 10.5 Å².